The molecule has 1 fully saturated rings. The van der Waals surface area contributed by atoms with Crippen LogP contribution in [0.2, 0.25) is 0 Å². The van der Waals surface area contributed by atoms with Crippen LogP contribution in [0.25, 0.3) is 0 Å². The first kappa shape index (κ1) is 13.9. The van der Waals surface area contributed by atoms with E-state index in [0.717, 1.165) is 11.1 Å². The largest absolute Gasteiger partial charge is 0.480 e. The van der Waals surface area contributed by atoms with Crippen LogP contribution in [0, 0.1) is 0 Å². The molecule has 2 atom stereocenters. The van der Waals surface area contributed by atoms with E-state index in [1.54, 1.807) is 0 Å². The maximum absolute atomic E-state index is 12.5. The van der Waals surface area contributed by atoms with Crippen molar-refractivity contribution in [1.82, 2.24) is 9.80 Å². The summed E-state index contributed by atoms with van der Waals surface area (Å²) in [7, 11) is 0. The molecule has 2 N–H and O–H groups in total. The average molecular weight is 290 g/mol. The Morgan fingerprint density at radius 3 is 2.52 bits per heavy atom. The van der Waals surface area contributed by atoms with Gasteiger partial charge in [-0.15, -0.1) is 0 Å². The van der Waals surface area contributed by atoms with Gasteiger partial charge in [0.15, 0.2) is 0 Å². The van der Waals surface area contributed by atoms with Crippen LogP contribution in [-0.4, -0.2) is 57.2 Å². The topological polar surface area (TPSA) is 81.1 Å². The molecule has 0 bridgehead atoms. The molecule has 3 rings (SSSR count). The molecule has 2 heterocycles. The molecule has 2 amide bonds. The van der Waals surface area contributed by atoms with Crippen LogP contribution >= 0.6 is 0 Å². The second-order valence-corrected chi connectivity index (χ2v) is 5.63. The number of β-amino-alcohol motifs (C(OH)–C–C–N with tert-alkyl or cyclic N) is 1. The number of carbonyl (C=O) groups is 2. The SMILES string of the molecule is O=C(O)C1Cc2ccccc2CN1C(=O)N1CCC(O)C1. The van der Waals surface area contributed by atoms with E-state index in [-0.39, 0.29) is 12.6 Å². The Morgan fingerprint density at radius 1 is 1.19 bits per heavy atom. The minimum absolute atomic E-state index is 0.281. The standard InChI is InChI=1S/C15H18N2O4/c18-12-5-6-16(9-12)15(21)17-8-11-4-2-1-3-10(11)7-13(17)14(19)20/h1-4,12-13,18H,5-9H2,(H,19,20). The van der Waals surface area contributed by atoms with E-state index in [0.29, 0.717) is 25.9 Å². The number of likely N-dealkylation sites (tertiary alicyclic amines) is 1. The molecular weight excluding hydrogens is 272 g/mol. The normalized spacial score (nSPS) is 24.8. The van der Waals surface area contributed by atoms with E-state index in [2.05, 4.69) is 0 Å². The molecule has 2 unspecified atom stereocenters. The molecule has 1 aromatic carbocycles. The Kier molecular flexibility index (Phi) is 3.55. The van der Waals surface area contributed by atoms with E-state index in [4.69, 9.17) is 0 Å². The van der Waals surface area contributed by atoms with Crippen molar-refractivity contribution >= 4 is 12.0 Å². The van der Waals surface area contributed by atoms with Crippen LogP contribution < -0.4 is 0 Å². The molecule has 0 spiro atoms. The summed E-state index contributed by atoms with van der Waals surface area (Å²) in [5, 5.41) is 19.0. The quantitative estimate of drug-likeness (QED) is 0.797. The van der Waals surface area contributed by atoms with Crippen LogP contribution in [0.4, 0.5) is 4.79 Å². The fraction of sp³-hybridized carbons (Fsp3) is 0.467. The number of carboxylic acids is 1. The zero-order valence-corrected chi connectivity index (χ0v) is 11.6. The monoisotopic (exact) mass is 290 g/mol. The zero-order valence-electron chi connectivity index (χ0n) is 11.6. The van der Waals surface area contributed by atoms with Gasteiger partial charge in [0.2, 0.25) is 0 Å². The number of hydrogen-bond donors (Lipinski definition) is 2. The Labute approximate surface area is 122 Å². The molecule has 2 aliphatic heterocycles. The predicted octanol–water partition coefficient (Wildman–Crippen LogP) is 0.685. The number of aliphatic hydroxyl groups excluding tert-OH is 1. The summed E-state index contributed by atoms with van der Waals surface area (Å²) in [6.45, 7) is 1.06. The van der Waals surface area contributed by atoms with Crippen molar-refractivity contribution in [2.45, 2.75) is 31.5 Å². The fourth-order valence-electron chi connectivity index (χ4n) is 3.04. The molecule has 0 radical (unpaired) electrons. The summed E-state index contributed by atoms with van der Waals surface area (Å²) in [5.41, 5.74) is 1.97. The smallest absolute Gasteiger partial charge is 0.326 e. The second kappa shape index (κ2) is 5.37. The molecule has 0 aromatic heterocycles. The molecular formula is C15H18N2O4. The van der Waals surface area contributed by atoms with E-state index in [9.17, 15) is 19.8 Å². The summed E-state index contributed by atoms with van der Waals surface area (Å²) < 4.78 is 0. The van der Waals surface area contributed by atoms with Crippen LogP contribution in [0.1, 0.15) is 17.5 Å². The van der Waals surface area contributed by atoms with Crippen molar-refractivity contribution in [2.24, 2.45) is 0 Å². The number of amides is 2. The third-order valence-electron chi connectivity index (χ3n) is 4.21. The van der Waals surface area contributed by atoms with Crippen molar-refractivity contribution in [3.8, 4) is 0 Å². The third kappa shape index (κ3) is 2.58. The Bertz CT molecular complexity index is 575. The van der Waals surface area contributed by atoms with Crippen LogP contribution in [0.15, 0.2) is 24.3 Å². The van der Waals surface area contributed by atoms with Crippen molar-refractivity contribution < 1.29 is 19.8 Å². The fourth-order valence-corrected chi connectivity index (χ4v) is 3.04. The van der Waals surface area contributed by atoms with E-state index in [1.807, 2.05) is 24.3 Å². The Hall–Kier alpha value is -2.08. The minimum Gasteiger partial charge on any atom is -0.480 e. The maximum atomic E-state index is 12.5. The van der Waals surface area contributed by atoms with Crippen molar-refractivity contribution in [3.05, 3.63) is 35.4 Å². The van der Waals surface area contributed by atoms with Crippen molar-refractivity contribution in [1.29, 1.82) is 0 Å². The number of benzene rings is 1. The minimum atomic E-state index is -0.988. The highest BCUT2D eigenvalue weighted by atomic mass is 16.4. The first-order valence-corrected chi connectivity index (χ1v) is 7.09. The van der Waals surface area contributed by atoms with Crippen LogP contribution in [0.5, 0.6) is 0 Å². The molecule has 6 nitrogen and oxygen atoms in total. The first-order chi connectivity index (χ1) is 10.1. The molecule has 1 saturated heterocycles. The molecule has 6 heteroatoms. The number of aliphatic hydroxyl groups is 1. The van der Waals surface area contributed by atoms with Gasteiger partial charge < -0.3 is 20.0 Å². The average Bonchev–Trinajstić information content (AvgIpc) is 2.91. The predicted molar refractivity (Wildman–Crippen MR) is 74.7 cm³/mol. The number of aliphatic carboxylic acids is 1. The lowest BCUT2D eigenvalue weighted by atomic mass is 9.94. The molecule has 1 aromatic rings. The van der Waals surface area contributed by atoms with Crippen molar-refractivity contribution in [3.63, 3.8) is 0 Å². The van der Waals surface area contributed by atoms with E-state index >= 15 is 0 Å². The van der Waals surface area contributed by atoms with Gasteiger partial charge in [0.25, 0.3) is 0 Å². The highest BCUT2D eigenvalue weighted by Gasteiger charge is 2.38. The number of rotatable bonds is 1. The van der Waals surface area contributed by atoms with Gasteiger partial charge in [-0.05, 0) is 17.5 Å². The number of carboxylic acid groups (broad SMARTS) is 1. The van der Waals surface area contributed by atoms with Gasteiger partial charge in [-0.2, -0.15) is 0 Å². The van der Waals surface area contributed by atoms with E-state index in [1.165, 1.54) is 9.80 Å². The molecule has 0 aliphatic carbocycles. The zero-order chi connectivity index (χ0) is 15.0. The number of carbonyl (C=O) groups excluding carboxylic acids is 1. The summed E-state index contributed by atoms with van der Waals surface area (Å²) >= 11 is 0. The van der Waals surface area contributed by atoms with Crippen molar-refractivity contribution in [2.75, 3.05) is 13.1 Å². The van der Waals surface area contributed by atoms with E-state index < -0.39 is 18.1 Å². The highest BCUT2D eigenvalue weighted by Crippen LogP contribution is 2.25. The van der Waals surface area contributed by atoms with Crippen LogP contribution in [-0.2, 0) is 17.8 Å². The Balaban J connectivity index is 1.85. The lowest BCUT2D eigenvalue weighted by Crippen LogP contribution is -2.53. The summed E-state index contributed by atoms with van der Waals surface area (Å²) in [4.78, 5) is 27.0. The van der Waals surface area contributed by atoms with Gasteiger partial charge in [0.1, 0.15) is 6.04 Å². The molecule has 112 valence electrons. The summed E-state index contributed by atoms with van der Waals surface area (Å²) in [5.74, 6) is -0.988. The number of fused-ring (bicyclic) bond motifs is 1. The molecule has 21 heavy (non-hydrogen) atoms. The molecule has 0 saturated carbocycles. The number of hydrogen-bond acceptors (Lipinski definition) is 3. The number of nitrogens with zero attached hydrogens (tertiary/aromatic N) is 2. The third-order valence-corrected chi connectivity index (χ3v) is 4.21. The summed E-state index contributed by atoms with van der Waals surface area (Å²) in [6.07, 6.45) is 0.371. The second-order valence-electron chi connectivity index (χ2n) is 5.63. The summed E-state index contributed by atoms with van der Waals surface area (Å²) in [6, 6.07) is 6.46. The van der Waals surface area contributed by atoms with Gasteiger partial charge >= 0.3 is 12.0 Å². The van der Waals surface area contributed by atoms with Gasteiger partial charge in [0, 0.05) is 26.1 Å². The van der Waals surface area contributed by atoms with Gasteiger partial charge in [-0.25, -0.2) is 9.59 Å². The van der Waals surface area contributed by atoms with Gasteiger partial charge in [0.05, 0.1) is 6.10 Å². The van der Waals surface area contributed by atoms with Crippen LogP contribution in [0.3, 0.4) is 0 Å². The Morgan fingerprint density at radius 2 is 1.90 bits per heavy atom. The van der Waals surface area contributed by atoms with Gasteiger partial charge in [-0.3, -0.25) is 0 Å². The molecule has 2 aliphatic rings. The lowest BCUT2D eigenvalue weighted by molar-refractivity contribution is -0.142. The lowest BCUT2D eigenvalue weighted by Gasteiger charge is -2.36. The number of urea groups is 1. The highest BCUT2D eigenvalue weighted by molar-refractivity contribution is 5.83. The first-order valence-electron chi connectivity index (χ1n) is 7.09. The van der Waals surface area contributed by atoms with Gasteiger partial charge in [-0.1, -0.05) is 24.3 Å². The maximum Gasteiger partial charge on any atom is 0.326 e.